The molecule has 0 aliphatic carbocycles. The van der Waals surface area contributed by atoms with Gasteiger partial charge in [-0.25, -0.2) is 4.98 Å². The molecule has 0 saturated carbocycles. The molecule has 1 aromatic heterocycles. The molecule has 3 heteroatoms. The van der Waals surface area contributed by atoms with Gasteiger partial charge in [-0.05, 0) is 12.1 Å². The lowest BCUT2D eigenvalue weighted by Crippen LogP contribution is -2.07. The molecule has 2 rings (SSSR count). The van der Waals surface area contributed by atoms with Gasteiger partial charge in [0.25, 0.3) is 5.89 Å². The number of nitrogens with zero attached hydrogens (tertiary/aromatic N) is 1. The van der Waals surface area contributed by atoms with Gasteiger partial charge in [-0.3, -0.25) is 4.79 Å². The summed E-state index contributed by atoms with van der Waals surface area (Å²) < 4.78 is 5.33. The highest BCUT2D eigenvalue weighted by Crippen LogP contribution is 2.16. The molecule has 0 atom stereocenters. The monoisotopic (exact) mass is 189 g/mol. The highest BCUT2D eigenvalue weighted by Gasteiger charge is 2.16. The van der Waals surface area contributed by atoms with Crippen LogP contribution in [-0.4, -0.2) is 10.8 Å². The SMILES string of the molecule is CC(C)C(=O)c1nc2ccccc2o1. The largest absolute Gasteiger partial charge is 0.434 e. The lowest BCUT2D eigenvalue weighted by molar-refractivity contribution is 0.0906. The van der Waals surface area contributed by atoms with Crippen LogP contribution >= 0.6 is 0 Å². The fraction of sp³-hybridized carbons (Fsp3) is 0.273. The van der Waals surface area contributed by atoms with Crippen molar-refractivity contribution in [3.63, 3.8) is 0 Å². The number of para-hydroxylation sites is 2. The van der Waals surface area contributed by atoms with E-state index in [2.05, 4.69) is 4.98 Å². The quantitative estimate of drug-likeness (QED) is 0.682. The topological polar surface area (TPSA) is 43.1 Å². The Bertz CT molecular complexity index is 438. The first-order chi connectivity index (χ1) is 6.68. The standard InChI is InChI=1S/C11H11NO2/c1-7(2)10(13)11-12-8-5-3-4-6-9(8)14-11/h3-7H,1-2H3. The second-order valence-corrected chi connectivity index (χ2v) is 3.51. The molecule has 3 nitrogen and oxygen atoms in total. The van der Waals surface area contributed by atoms with Crippen LogP contribution in [-0.2, 0) is 0 Å². The van der Waals surface area contributed by atoms with E-state index in [0.717, 1.165) is 5.52 Å². The van der Waals surface area contributed by atoms with E-state index in [4.69, 9.17) is 4.42 Å². The van der Waals surface area contributed by atoms with Gasteiger partial charge in [-0.15, -0.1) is 0 Å². The average molecular weight is 189 g/mol. The summed E-state index contributed by atoms with van der Waals surface area (Å²) in [7, 11) is 0. The van der Waals surface area contributed by atoms with Gasteiger partial charge < -0.3 is 4.42 Å². The van der Waals surface area contributed by atoms with Crippen molar-refractivity contribution in [2.24, 2.45) is 5.92 Å². The van der Waals surface area contributed by atoms with Crippen LogP contribution in [0.4, 0.5) is 0 Å². The molecular weight excluding hydrogens is 178 g/mol. The molecule has 0 radical (unpaired) electrons. The van der Waals surface area contributed by atoms with E-state index in [9.17, 15) is 4.79 Å². The van der Waals surface area contributed by atoms with Crippen LogP contribution in [0.2, 0.25) is 0 Å². The fourth-order valence-electron chi connectivity index (χ4n) is 1.22. The number of hydrogen-bond donors (Lipinski definition) is 0. The Labute approximate surface area is 81.7 Å². The fourth-order valence-corrected chi connectivity index (χ4v) is 1.22. The summed E-state index contributed by atoms with van der Waals surface area (Å²) in [6.45, 7) is 3.66. The van der Waals surface area contributed by atoms with Crippen molar-refractivity contribution in [3.05, 3.63) is 30.2 Å². The van der Waals surface area contributed by atoms with Crippen molar-refractivity contribution in [1.82, 2.24) is 4.98 Å². The van der Waals surface area contributed by atoms with Crippen molar-refractivity contribution >= 4 is 16.9 Å². The van der Waals surface area contributed by atoms with Gasteiger partial charge in [0.1, 0.15) is 5.52 Å². The summed E-state index contributed by atoms with van der Waals surface area (Å²) >= 11 is 0. The van der Waals surface area contributed by atoms with Crippen LogP contribution in [0.3, 0.4) is 0 Å². The number of oxazole rings is 1. The summed E-state index contributed by atoms with van der Waals surface area (Å²) in [5.74, 6) is 0.0745. The van der Waals surface area contributed by atoms with Crippen LogP contribution < -0.4 is 0 Å². The minimum absolute atomic E-state index is 0.0544. The van der Waals surface area contributed by atoms with Crippen molar-refractivity contribution in [1.29, 1.82) is 0 Å². The number of rotatable bonds is 2. The lowest BCUT2D eigenvalue weighted by atomic mass is 10.1. The number of Topliss-reactive ketones (excluding diaryl/α,β-unsaturated/α-hetero) is 1. The Kier molecular flexibility index (Phi) is 2.08. The van der Waals surface area contributed by atoms with Crippen LogP contribution in [0.1, 0.15) is 24.5 Å². The van der Waals surface area contributed by atoms with Gasteiger partial charge in [0, 0.05) is 5.92 Å². The van der Waals surface area contributed by atoms with Crippen molar-refractivity contribution in [3.8, 4) is 0 Å². The highest BCUT2D eigenvalue weighted by atomic mass is 16.4. The molecule has 1 aromatic carbocycles. The molecule has 0 spiro atoms. The zero-order valence-electron chi connectivity index (χ0n) is 8.15. The smallest absolute Gasteiger partial charge is 0.264 e. The molecule has 1 heterocycles. The van der Waals surface area contributed by atoms with E-state index in [1.54, 1.807) is 6.07 Å². The summed E-state index contributed by atoms with van der Waals surface area (Å²) in [4.78, 5) is 15.7. The summed E-state index contributed by atoms with van der Waals surface area (Å²) in [5, 5.41) is 0. The lowest BCUT2D eigenvalue weighted by Gasteiger charge is -1.96. The number of benzene rings is 1. The summed E-state index contributed by atoms with van der Waals surface area (Å²) in [6.07, 6.45) is 0. The third-order valence-electron chi connectivity index (χ3n) is 2.03. The van der Waals surface area contributed by atoms with E-state index >= 15 is 0 Å². The van der Waals surface area contributed by atoms with Crippen molar-refractivity contribution < 1.29 is 9.21 Å². The van der Waals surface area contributed by atoms with Gasteiger partial charge in [0.05, 0.1) is 0 Å². The van der Waals surface area contributed by atoms with Crippen molar-refractivity contribution in [2.75, 3.05) is 0 Å². The van der Waals surface area contributed by atoms with Gasteiger partial charge in [0.2, 0.25) is 5.78 Å². The second-order valence-electron chi connectivity index (χ2n) is 3.51. The van der Waals surface area contributed by atoms with Gasteiger partial charge in [-0.2, -0.15) is 0 Å². The summed E-state index contributed by atoms with van der Waals surface area (Å²) in [6, 6.07) is 7.36. The maximum absolute atomic E-state index is 11.6. The molecular formula is C11H11NO2. The van der Waals surface area contributed by atoms with Crippen LogP contribution in [0.5, 0.6) is 0 Å². The highest BCUT2D eigenvalue weighted by molar-refractivity contribution is 5.95. The van der Waals surface area contributed by atoms with Crippen LogP contribution in [0, 0.1) is 5.92 Å². The maximum atomic E-state index is 11.6. The van der Waals surface area contributed by atoms with Gasteiger partial charge >= 0.3 is 0 Å². The third kappa shape index (κ3) is 1.41. The zero-order chi connectivity index (χ0) is 10.1. The molecule has 0 bridgehead atoms. The van der Waals surface area contributed by atoms with E-state index in [1.807, 2.05) is 32.0 Å². The number of carbonyl (C=O) groups excluding carboxylic acids is 1. The predicted molar refractivity (Wildman–Crippen MR) is 53.2 cm³/mol. The normalized spacial score (nSPS) is 11.1. The number of aromatic nitrogens is 1. The minimum Gasteiger partial charge on any atom is -0.434 e. The second kappa shape index (κ2) is 3.25. The third-order valence-corrected chi connectivity index (χ3v) is 2.03. The molecule has 0 saturated heterocycles. The first-order valence-electron chi connectivity index (χ1n) is 4.58. The molecule has 72 valence electrons. The number of fused-ring (bicyclic) bond motifs is 1. The molecule has 0 N–H and O–H groups in total. The molecule has 0 aliphatic heterocycles. The zero-order valence-corrected chi connectivity index (χ0v) is 8.15. The van der Waals surface area contributed by atoms with E-state index < -0.39 is 0 Å². The minimum atomic E-state index is -0.0805. The van der Waals surface area contributed by atoms with Gasteiger partial charge in [-0.1, -0.05) is 26.0 Å². The Morgan fingerprint density at radius 2 is 2.07 bits per heavy atom. The Morgan fingerprint density at radius 3 is 2.71 bits per heavy atom. The average Bonchev–Trinajstić information content (AvgIpc) is 2.59. The van der Waals surface area contributed by atoms with Crippen LogP contribution in [0.15, 0.2) is 28.7 Å². The number of ketones is 1. The van der Waals surface area contributed by atoms with Crippen molar-refractivity contribution in [2.45, 2.75) is 13.8 Å². The summed E-state index contributed by atoms with van der Waals surface area (Å²) in [5.41, 5.74) is 1.40. The van der Waals surface area contributed by atoms with E-state index in [0.29, 0.717) is 5.58 Å². The number of carbonyl (C=O) groups is 1. The Morgan fingerprint density at radius 1 is 1.36 bits per heavy atom. The number of hydrogen-bond acceptors (Lipinski definition) is 3. The molecule has 0 unspecified atom stereocenters. The molecule has 0 aliphatic rings. The molecule has 2 aromatic rings. The van der Waals surface area contributed by atoms with E-state index in [-0.39, 0.29) is 17.6 Å². The molecule has 14 heavy (non-hydrogen) atoms. The first kappa shape index (κ1) is 8.94. The maximum Gasteiger partial charge on any atom is 0.264 e. The van der Waals surface area contributed by atoms with Gasteiger partial charge in [0.15, 0.2) is 5.58 Å². The van der Waals surface area contributed by atoms with E-state index in [1.165, 1.54) is 0 Å². The first-order valence-corrected chi connectivity index (χ1v) is 4.58. The molecule has 0 fully saturated rings. The van der Waals surface area contributed by atoms with Crippen LogP contribution in [0.25, 0.3) is 11.1 Å². The Balaban J connectivity index is 2.50. The molecule has 0 amide bonds. The predicted octanol–water partition coefficient (Wildman–Crippen LogP) is 2.67. The Hall–Kier alpha value is -1.64.